The van der Waals surface area contributed by atoms with Gasteiger partial charge in [0.25, 0.3) is 0 Å². The zero-order chi connectivity index (χ0) is 21.1. The van der Waals surface area contributed by atoms with Crippen LogP contribution in [0.1, 0.15) is 5.56 Å². The lowest BCUT2D eigenvalue weighted by Gasteiger charge is -2.14. The molecule has 5 nitrogen and oxygen atoms in total. The minimum absolute atomic E-state index is 0.0921. The van der Waals surface area contributed by atoms with Crippen molar-refractivity contribution >= 4 is 56.6 Å². The van der Waals surface area contributed by atoms with E-state index in [0.29, 0.717) is 23.7 Å². The van der Waals surface area contributed by atoms with Gasteiger partial charge < -0.3 is 14.8 Å². The maximum absolute atomic E-state index is 14.9. The van der Waals surface area contributed by atoms with E-state index in [0.717, 1.165) is 14.5 Å². The summed E-state index contributed by atoms with van der Waals surface area (Å²) >= 11 is 8.39. The van der Waals surface area contributed by atoms with Gasteiger partial charge in [0.2, 0.25) is 0 Å². The van der Waals surface area contributed by atoms with E-state index in [4.69, 9.17) is 21.1 Å². The molecule has 0 unspecified atom stereocenters. The number of nitrogens with zero attached hydrogens (tertiary/aromatic N) is 2. The molecule has 4 rings (SSSR count). The molecular formula is C22H16ClFIN3O2. The molecule has 0 aliphatic rings. The van der Waals surface area contributed by atoms with Crippen LogP contribution in [0.25, 0.3) is 10.9 Å². The van der Waals surface area contributed by atoms with Crippen LogP contribution in [-0.2, 0) is 6.61 Å². The quantitative estimate of drug-likeness (QED) is 0.291. The lowest BCUT2D eigenvalue weighted by molar-refractivity contribution is 0.305. The number of hydrogen-bond acceptors (Lipinski definition) is 5. The molecule has 0 spiro atoms. The van der Waals surface area contributed by atoms with Crippen molar-refractivity contribution in [2.45, 2.75) is 6.61 Å². The zero-order valence-electron chi connectivity index (χ0n) is 15.8. The van der Waals surface area contributed by atoms with Gasteiger partial charge in [-0.15, -0.1) is 0 Å². The van der Waals surface area contributed by atoms with E-state index in [1.165, 1.54) is 6.33 Å². The standard InChI is InChI=1S/C22H16ClFIN3O2/c1-29-19-10-17-14(9-15(19)25)22(27-12-26-17)28-16-7-8-18(20(23)21(16)24)30-11-13-5-3-2-4-6-13/h2-10,12H,11H2,1H3,(H,26,27,28). The number of methoxy groups -OCH3 is 1. The van der Waals surface area contributed by atoms with E-state index in [-0.39, 0.29) is 16.5 Å². The van der Waals surface area contributed by atoms with Gasteiger partial charge >= 0.3 is 0 Å². The van der Waals surface area contributed by atoms with Gasteiger partial charge in [0.05, 0.1) is 21.9 Å². The summed E-state index contributed by atoms with van der Waals surface area (Å²) in [5, 5.41) is 3.66. The summed E-state index contributed by atoms with van der Waals surface area (Å²) in [6.45, 7) is 0.295. The number of ether oxygens (including phenoxy) is 2. The third-order valence-corrected chi connectivity index (χ3v) is 5.64. The predicted octanol–water partition coefficient (Wildman–Crippen LogP) is 6.36. The third kappa shape index (κ3) is 4.27. The van der Waals surface area contributed by atoms with Crippen LogP contribution in [-0.4, -0.2) is 17.1 Å². The fourth-order valence-corrected chi connectivity index (χ4v) is 3.82. The molecule has 1 N–H and O–H groups in total. The smallest absolute Gasteiger partial charge is 0.169 e. The molecule has 0 saturated carbocycles. The molecule has 4 aromatic rings. The minimum atomic E-state index is -0.614. The highest BCUT2D eigenvalue weighted by atomic mass is 127. The molecule has 1 heterocycles. The first-order valence-electron chi connectivity index (χ1n) is 8.97. The second-order valence-electron chi connectivity index (χ2n) is 6.36. The van der Waals surface area contributed by atoms with Gasteiger partial charge in [-0.3, -0.25) is 0 Å². The van der Waals surface area contributed by atoms with Crippen LogP contribution in [0.3, 0.4) is 0 Å². The van der Waals surface area contributed by atoms with E-state index in [1.54, 1.807) is 19.2 Å². The minimum Gasteiger partial charge on any atom is -0.496 e. The first-order chi connectivity index (χ1) is 14.6. The molecule has 0 bridgehead atoms. The largest absolute Gasteiger partial charge is 0.496 e. The van der Waals surface area contributed by atoms with Crippen LogP contribution in [0.4, 0.5) is 15.9 Å². The lowest BCUT2D eigenvalue weighted by Crippen LogP contribution is -2.01. The molecule has 0 aliphatic heterocycles. The first kappa shape index (κ1) is 20.6. The normalized spacial score (nSPS) is 10.8. The Kier molecular flexibility index (Phi) is 6.19. The number of rotatable bonds is 6. The van der Waals surface area contributed by atoms with E-state index in [9.17, 15) is 4.39 Å². The SMILES string of the molecule is COc1cc2ncnc(Nc3ccc(OCc4ccccc4)c(Cl)c3F)c2cc1I. The van der Waals surface area contributed by atoms with Gasteiger partial charge in [0.15, 0.2) is 5.82 Å². The average molecular weight is 536 g/mol. The Hall–Kier alpha value is -2.65. The van der Waals surface area contributed by atoms with Crippen LogP contribution in [0.2, 0.25) is 5.02 Å². The fourth-order valence-electron chi connectivity index (χ4n) is 2.92. The molecule has 0 aliphatic carbocycles. The molecule has 152 valence electrons. The van der Waals surface area contributed by atoms with E-state index >= 15 is 0 Å². The average Bonchev–Trinajstić information content (AvgIpc) is 2.77. The highest BCUT2D eigenvalue weighted by Gasteiger charge is 2.15. The zero-order valence-corrected chi connectivity index (χ0v) is 18.7. The number of nitrogens with one attached hydrogen (secondary N) is 1. The molecule has 0 atom stereocenters. The predicted molar refractivity (Wildman–Crippen MR) is 124 cm³/mol. The van der Waals surface area contributed by atoms with E-state index in [2.05, 4.69) is 37.9 Å². The van der Waals surface area contributed by atoms with Crippen molar-refractivity contribution in [1.29, 1.82) is 0 Å². The second kappa shape index (κ2) is 9.01. The molecule has 0 saturated heterocycles. The Labute approximate surface area is 191 Å². The monoisotopic (exact) mass is 535 g/mol. The van der Waals surface area contributed by atoms with Gasteiger partial charge in [-0.05, 0) is 46.4 Å². The van der Waals surface area contributed by atoms with Crippen molar-refractivity contribution in [1.82, 2.24) is 9.97 Å². The number of fused-ring (bicyclic) bond motifs is 1. The molecule has 0 radical (unpaired) electrons. The summed E-state index contributed by atoms with van der Waals surface area (Å²) in [6.07, 6.45) is 1.41. The van der Waals surface area contributed by atoms with Crippen LogP contribution < -0.4 is 14.8 Å². The van der Waals surface area contributed by atoms with Crippen molar-refractivity contribution in [3.8, 4) is 11.5 Å². The summed E-state index contributed by atoms with van der Waals surface area (Å²) in [6, 6.07) is 16.5. The maximum atomic E-state index is 14.9. The van der Waals surface area contributed by atoms with Crippen molar-refractivity contribution in [2.24, 2.45) is 0 Å². The highest BCUT2D eigenvalue weighted by molar-refractivity contribution is 14.1. The first-order valence-corrected chi connectivity index (χ1v) is 10.4. The number of hydrogen-bond donors (Lipinski definition) is 1. The number of anilines is 2. The van der Waals surface area contributed by atoms with Crippen LogP contribution >= 0.6 is 34.2 Å². The van der Waals surface area contributed by atoms with Crippen molar-refractivity contribution < 1.29 is 13.9 Å². The van der Waals surface area contributed by atoms with Crippen molar-refractivity contribution in [2.75, 3.05) is 12.4 Å². The lowest BCUT2D eigenvalue weighted by atomic mass is 10.2. The van der Waals surface area contributed by atoms with Crippen LogP contribution in [0.15, 0.2) is 60.9 Å². The number of halogens is 3. The summed E-state index contributed by atoms with van der Waals surface area (Å²) in [4.78, 5) is 8.53. The third-order valence-electron chi connectivity index (χ3n) is 4.45. The van der Waals surface area contributed by atoms with Crippen molar-refractivity contribution in [3.05, 3.63) is 80.9 Å². The number of benzene rings is 3. The Morgan fingerprint density at radius 1 is 1.07 bits per heavy atom. The Morgan fingerprint density at radius 3 is 2.63 bits per heavy atom. The molecule has 0 amide bonds. The molecular weight excluding hydrogens is 520 g/mol. The van der Waals surface area contributed by atoms with Gasteiger partial charge in [-0.1, -0.05) is 41.9 Å². The fraction of sp³-hybridized carbons (Fsp3) is 0.0909. The second-order valence-corrected chi connectivity index (χ2v) is 7.90. The summed E-state index contributed by atoms with van der Waals surface area (Å²) in [5.41, 5.74) is 1.84. The molecule has 3 aromatic carbocycles. The molecule has 1 aromatic heterocycles. The van der Waals surface area contributed by atoms with Crippen LogP contribution in [0.5, 0.6) is 11.5 Å². The summed E-state index contributed by atoms with van der Waals surface area (Å²) in [5.74, 6) is 0.836. The maximum Gasteiger partial charge on any atom is 0.169 e. The number of aromatic nitrogens is 2. The van der Waals surface area contributed by atoms with E-state index in [1.807, 2.05) is 42.5 Å². The van der Waals surface area contributed by atoms with Gasteiger partial charge in [-0.25, -0.2) is 14.4 Å². The highest BCUT2D eigenvalue weighted by Crippen LogP contribution is 2.35. The Bertz CT molecular complexity index is 1210. The van der Waals surface area contributed by atoms with Gasteiger partial charge in [0.1, 0.15) is 35.3 Å². The van der Waals surface area contributed by atoms with Gasteiger partial charge in [-0.2, -0.15) is 0 Å². The topological polar surface area (TPSA) is 56.3 Å². The van der Waals surface area contributed by atoms with E-state index < -0.39 is 5.82 Å². The molecule has 30 heavy (non-hydrogen) atoms. The van der Waals surface area contributed by atoms with Crippen LogP contribution in [0, 0.1) is 9.39 Å². The Morgan fingerprint density at radius 2 is 1.87 bits per heavy atom. The van der Waals surface area contributed by atoms with Gasteiger partial charge in [0, 0.05) is 11.5 Å². The summed E-state index contributed by atoms with van der Waals surface area (Å²) < 4.78 is 26.8. The molecule has 0 fully saturated rings. The molecule has 8 heteroatoms. The summed E-state index contributed by atoms with van der Waals surface area (Å²) in [7, 11) is 1.60. The Balaban J connectivity index is 1.61. The van der Waals surface area contributed by atoms with Crippen molar-refractivity contribution in [3.63, 3.8) is 0 Å².